The first-order valence-electron chi connectivity index (χ1n) is 37.8. The minimum atomic E-state index is 0.0169. The van der Waals surface area contributed by atoms with Crippen molar-refractivity contribution in [3.8, 4) is 87.4 Å². The summed E-state index contributed by atoms with van der Waals surface area (Å²) in [6.45, 7) is 35.6. The Morgan fingerprint density at radius 3 is 0.896 bits per heavy atom. The fourth-order valence-electron chi connectivity index (χ4n) is 13.8. The highest BCUT2D eigenvalue weighted by molar-refractivity contribution is 7.23. The van der Waals surface area contributed by atoms with Crippen LogP contribution in [0.3, 0.4) is 0 Å². The Morgan fingerprint density at radius 2 is 0.574 bits per heavy atom. The lowest BCUT2D eigenvalue weighted by Crippen LogP contribution is -2.13. The third kappa shape index (κ3) is 18.1. The summed E-state index contributed by atoms with van der Waals surface area (Å²) in [6, 6.07) is 30.6. The molecule has 0 aromatic heterocycles. The molecule has 5 aromatic carbocycles. The number of aromatic nitrogens is 5. The van der Waals surface area contributed by atoms with Gasteiger partial charge in [0.05, 0.1) is 111 Å². The summed E-state index contributed by atoms with van der Waals surface area (Å²) in [5, 5.41) is 0. The highest BCUT2D eigenvalue weighted by atomic mass is 32.1. The average Bonchev–Trinajstić information content (AvgIpc) is 0.782. The van der Waals surface area contributed by atoms with Gasteiger partial charge in [0, 0.05) is 61.7 Å². The predicted molar refractivity (Wildman–Crippen MR) is 483 cm³/mol. The largest absolute Gasteiger partial charge is 0.494 e. The predicted octanol–water partition coefficient (Wildman–Crippen LogP) is 23.0. The summed E-state index contributed by atoms with van der Waals surface area (Å²) < 4.78 is 38.6. The van der Waals surface area contributed by atoms with Gasteiger partial charge in [-0.1, -0.05) is 53.1 Å². The Bertz CT molecular complexity index is 6230. The lowest BCUT2D eigenvalue weighted by Gasteiger charge is -2.15. The van der Waals surface area contributed by atoms with Crippen LogP contribution in [-0.4, -0.2) is 67.1 Å². The summed E-state index contributed by atoms with van der Waals surface area (Å²) in [6.07, 6.45) is 11.2. The van der Waals surface area contributed by atoms with Crippen molar-refractivity contribution in [2.24, 2.45) is 0 Å². The summed E-state index contributed by atoms with van der Waals surface area (Å²) >= 11 is 7.96. The van der Waals surface area contributed by atoms with Crippen molar-refractivity contribution in [3.63, 3.8) is 0 Å². The van der Waals surface area contributed by atoms with Gasteiger partial charge >= 0.3 is 0 Å². The Kier molecular flexibility index (Phi) is 27.0. The molecule has 21 heteroatoms. The molecule has 115 heavy (non-hydrogen) atoms. The van der Waals surface area contributed by atoms with Crippen LogP contribution in [-0.2, 0) is 0 Å². The molecule has 15 rings (SSSR count). The van der Waals surface area contributed by atoms with Crippen LogP contribution >= 0.6 is 56.7 Å². The van der Waals surface area contributed by atoms with Crippen LogP contribution in [0, 0.1) is 96.9 Å². The first kappa shape index (κ1) is 85.2. The molecule has 0 amide bonds. The molecule has 5 aliphatic carbocycles. The van der Waals surface area contributed by atoms with Gasteiger partial charge in [-0.15, -0.1) is 56.7 Å². The molecule has 16 nitrogen and oxygen atoms in total. The fraction of sp³-hybridized carbons (Fsp3) is 0.298. The maximum atomic E-state index is 12.6. The lowest BCUT2D eigenvalue weighted by atomic mass is 10.1. The molecule has 0 spiro atoms. The Morgan fingerprint density at radius 1 is 0.304 bits per heavy atom. The van der Waals surface area contributed by atoms with E-state index in [0.29, 0.717) is 63.2 Å². The van der Waals surface area contributed by atoms with Crippen molar-refractivity contribution >= 4 is 108 Å². The van der Waals surface area contributed by atoms with E-state index in [4.69, 9.17) is 53.3 Å². The van der Waals surface area contributed by atoms with Gasteiger partial charge in [-0.25, -0.2) is 24.9 Å². The van der Waals surface area contributed by atoms with Crippen LogP contribution < -0.4 is 55.6 Å². The van der Waals surface area contributed by atoms with E-state index in [1.807, 2.05) is 90.9 Å². The van der Waals surface area contributed by atoms with Crippen LogP contribution in [0.15, 0.2) is 150 Å². The molecule has 0 fully saturated rings. The van der Waals surface area contributed by atoms with Gasteiger partial charge in [0.2, 0.25) is 0 Å². The summed E-state index contributed by atoms with van der Waals surface area (Å²) in [7, 11) is 7.93. The second kappa shape index (κ2) is 36.4. The van der Waals surface area contributed by atoms with E-state index >= 15 is 0 Å². The van der Waals surface area contributed by atoms with Gasteiger partial charge < -0.3 is 28.4 Å². The molecule has 0 radical (unpaired) electrons. The third-order valence-corrected chi connectivity index (χ3v) is 26.7. The third-order valence-electron chi connectivity index (χ3n) is 20.4. The first-order chi connectivity index (χ1) is 54.8. The molecule has 5 aromatic rings. The molecule has 0 saturated carbocycles. The number of ether oxygens (including phenoxy) is 6. The van der Waals surface area contributed by atoms with E-state index < -0.39 is 0 Å². The molecule has 0 unspecified atom stereocenters. The smallest absolute Gasteiger partial charge is 0.189 e. The number of hydrogen-bond donors (Lipinski definition) is 0. The van der Waals surface area contributed by atoms with Crippen molar-refractivity contribution in [1.29, 1.82) is 0 Å². The number of allylic oxidation sites excluding steroid dienone is 5. The first-order valence-corrected chi connectivity index (χ1v) is 41.9. The number of benzene rings is 10. The zero-order chi connectivity index (χ0) is 83.3. The highest BCUT2D eigenvalue weighted by Crippen LogP contribution is 2.45. The Balaban J connectivity index is 0.000000145. The van der Waals surface area contributed by atoms with Crippen LogP contribution in [0.2, 0.25) is 0 Å². The number of rotatable bonds is 14. The van der Waals surface area contributed by atoms with Gasteiger partial charge in [0.25, 0.3) is 0 Å². The number of methoxy groups -OCH3 is 5. The van der Waals surface area contributed by atoms with E-state index in [2.05, 4.69) is 108 Å². The molecule has 5 aliphatic heterocycles. The SMILES string of the molecule is COc1c2nc3cc(C)ccc3sc-2c(C)c(=O)c1C.COc1c2nc3cc(C)ccc3sc-2c(C)c(=O)c1C.COc1c2nc3cc(OC/C=C(\C)CC/C=C(\C)CCC=C(C)C)ccc3sc-2c(C)c(=O)c1C.COc1c2nc3ccc(C)cc3sc-2c(C)c(=O)c1C.COc1c2nc3ccc(C)cc3sc-2c(C)c(=O)c1C. The molecule has 0 saturated heterocycles. The number of aryl methyl sites for hydroxylation is 4. The van der Waals surface area contributed by atoms with Crippen molar-refractivity contribution in [2.45, 2.75) is 150 Å². The van der Waals surface area contributed by atoms with E-state index in [-0.39, 0.29) is 27.1 Å². The van der Waals surface area contributed by atoms with E-state index in [0.717, 1.165) is 163 Å². The Labute approximate surface area is 690 Å². The molecule has 0 atom stereocenters. The molecule has 0 bridgehead atoms. The summed E-state index contributed by atoms with van der Waals surface area (Å²) in [5.74, 6) is 3.71. The molecule has 594 valence electrons. The quantitative estimate of drug-likeness (QED) is 0.0733. The van der Waals surface area contributed by atoms with Crippen molar-refractivity contribution in [1.82, 2.24) is 24.9 Å². The average molecular weight is 1630 g/mol. The van der Waals surface area contributed by atoms with Crippen molar-refractivity contribution in [2.75, 3.05) is 42.2 Å². The van der Waals surface area contributed by atoms with E-state index in [1.54, 1.807) is 127 Å². The van der Waals surface area contributed by atoms with Gasteiger partial charge in [0.1, 0.15) is 40.8 Å². The van der Waals surface area contributed by atoms with Crippen LogP contribution in [0.1, 0.15) is 131 Å². The maximum absolute atomic E-state index is 12.6. The zero-order valence-electron chi connectivity index (χ0n) is 69.7. The number of hydrogen-bond acceptors (Lipinski definition) is 21. The highest BCUT2D eigenvalue weighted by Gasteiger charge is 2.27. The molecular formula is C94H97N5O11S5. The van der Waals surface area contributed by atoms with Crippen molar-refractivity contribution < 1.29 is 28.4 Å². The molecular weight excluding hydrogens is 1540 g/mol. The van der Waals surface area contributed by atoms with Gasteiger partial charge in [-0.2, -0.15) is 0 Å². The van der Waals surface area contributed by atoms with Crippen LogP contribution in [0.25, 0.3) is 104 Å². The summed E-state index contributed by atoms with van der Waals surface area (Å²) in [5.41, 5.74) is 24.3. The fourth-order valence-corrected chi connectivity index (χ4v) is 19.3. The van der Waals surface area contributed by atoms with Gasteiger partial charge in [0.15, 0.2) is 55.9 Å². The number of nitrogens with zero attached hydrogens (tertiary/aromatic N) is 5. The van der Waals surface area contributed by atoms with Crippen LogP contribution in [0.4, 0.5) is 0 Å². The van der Waals surface area contributed by atoms with E-state index in [1.165, 1.54) is 39.0 Å². The second-order valence-electron chi connectivity index (χ2n) is 29.3. The van der Waals surface area contributed by atoms with Gasteiger partial charge in [-0.05, 0) is 239 Å². The van der Waals surface area contributed by atoms with E-state index in [9.17, 15) is 24.0 Å². The van der Waals surface area contributed by atoms with Crippen LogP contribution in [0.5, 0.6) is 34.5 Å². The Hall–Kier alpha value is -10.7. The minimum absolute atomic E-state index is 0.0169. The monoisotopic (exact) mass is 1630 g/mol. The molecule has 5 heterocycles. The lowest BCUT2D eigenvalue weighted by molar-refractivity contribution is 0.362. The normalized spacial score (nSPS) is 11.5. The van der Waals surface area contributed by atoms with Crippen molar-refractivity contribution in [3.05, 3.63) is 255 Å². The zero-order valence-corrected chi connectivity index (χ0v) is 73.8. The standard InChI is InChI=1S/C30H37NO3S.4C16H15NO2S/c1-19(2)10-8-11-20(3)12-9-13-21(4)16-17-34-24-14-15-26-25(18-24)31-27-29(33-7)22(5)28(32)23(6)30(27)35-26;2*1-8-5-6-12-11(7-8)17-13-15(19-4)9(2)14(18)10(3)16(13)20-12;2*1-8-5-6-11-12(7-8)20-16-10(3)14(18)9(2)15(19-4)13(16)17-11/h10,12,14-16,18H,8-9,11,13,17H2,1-7H3;4*5-7H,1-4H3/b20-12+,21-16+;;;;. The molecule has 10 aliphatic rings. The number of fused-ring (bicyclic) bond motifs is 10. The van der Waals surface area contributed by atoms with Gasteiger partial charge in [-0.3, -0.25) is 24.0 Å². The minimum Gasteiger partial charge on any atom is -0.494 e. The second-order valence-corrected chi connectivity index (χ2v) is 34.6. The topological polar surface area (TPSA) is 205 Å². The maximum Gasteiger partial charge on any atom is 0.189 e. The molecule has 0 N–H and O–H groups in total. The summed E-state index contributed by atoms with van der Waals surface area (Å²) in [4.78, 5) is 89.8.